The van der Waals surface area contributed by atoms with Crippen molar-refractivity contribution in [2.75, 3.05) is 6.54 Å². The summed E-state index contributed by atoms with van der Waals surface area (Å²) in [5.74, 6) is -1.01. The Morgan fingerprint density at radius 3 is 2.48 bits per heavy atom. The van der Waals surface area contributed by atoms with E-state index in [1.807, 2.05) is 37.3 Å². The van der Waals surface area contributed by atoms with E-state index in [1.165, 1.54) is 4.90 Å². The van der Waals surface area contributed by atoms with E-state index in [2.05, 4.69) is 6.07 Å². The number of hydrogen-bond acceptors (Lipinski definition) is 4. The number of nitrogens with zero attached hydrogens (tertiary/aromatic N) is 3. The van der Waals surface area contributed by atoms with Crippen molar-refractivity contribution >= 4 is 11.8 Å². The second kappa shape index (κ2) is 6.62. The van der Waals surface area contributed by atoms with Crippen LogP contribution in [0.2, 0.25) is 0 Å². The summed E-state index contributed by atoms with van der Waals surface area (Å²) in [6, 6.07) is 11.7. The smallest absolute Gasteiger partial charge is 0.240 e. The van der Waals surface area contributed by atoms with Gasteiger partial charge in [-0.15, -0.1) is 0 Å². The van der Waals surface area contributed by atoms with Crippen LogP contribution in [0.25, 0.3) is 0 Å². The highest BCUT2D eigenvalue weighted by molar-refractivity contribution is 6.08. The van der Waals surface area contributed by atoms with Crippen LogP contribution in [0.1, 0.15) is 37.3 Å². The molecule has 5 heteroatoms. The first-order chi connectivity index (χ1) is 10.9. The molecule has 1 aromatic carbocycles. The molecule has 23 heavy (non-hydrogen) atoms. The lowest BCUT2D eigenvalue weighted by Gasteiger charge is -2.23. The number of nitriles is 2. The van der Waals surface area contributed by atoms with Crippen molar-refractivity contribution in [2.45, 2.75) is 38.5 Å². The normalized spacial score (nSPS) is 21.8. The fraction of sp³-hybridized carbons (Fsp3) is 0.444. The number of benzene rings is 1. The Kier molecular flexibility index (Phi) is 4.81. The predicted molar refractivity (Wildman–Crippen MR) is 83.8 cm³/mol. The Morgan fingerprint density at radius 2 is 1.91 bits per heavy atom. The number of carbonyl (C=O) groups excluding carboxylic acids is 2. The van der Waals surface area contributed by atoms with E-state index in [1.54, 1.807) is 6.92 Å². The van der Waals surface area contributed by atoms with E-state index >= 15 is 0 Å². The molecule has 0 bridgehead atoms. The topological polar surface area (TPSA) is 85.0 Å². The molecular formula is C18H19N3O2. The molecule has 0 unspecified atom stereocenters. The lowest BCUT2D eigenvalue weighted by molar-refractivity contribution is -0.140. The lowest BCUT2D eigenvalue weighted by atomic mass is 9.80. The monoisotopic (exact) mass is 309 g/mol. The maximum atomic E-state index is 12.8. The second-order valence-corrected chi connectivity index (χ2v) is 6.21. The van der Waals surface area contributed by atoms with Crippen molar-refractivity contribution in [1.29, 1.82) is 10.5 Å². The molecule has 0 aliphatic carbocycles. The van der Waals surface area contributed by atoms with Gasteiger partial charge in [0, 0.05) is 19.4 Å². The summed E-state index contributed by atoms with van der Waals surface area (Å²) < 4.78 is 0. The molecule has 2 amide bonds. The van der Waals surface area contributed by atoms with Gasteiger partial charge in [0.25, 0.3) is 0 Å². The Balaban J connectivity index is 2.21. The van der Waals surface area contributed by atoms with Crippen molar-refractivity contribution in [3.05, 3.63) is 35.4 Å². The number of hydrogen-bond donors (Lipinski definition) is 0. The van der Waals surface area contributed by atoms with Crippen LogP contribution in [0.4, 0.5) is 0 Å². The van der Waals surface area contributed by atoms with E-state index in [9.17, 15) is 9.59 Å². The average Bonchev–Trinajstić information content (AvgIpc) is 2.75. The van der Waals surface area contributed by atoms with Crippen LogP contribution in [-0.2, 0) is 15.0 Å². The number of amides is 2. The molecule has 0 aromatic heterocycles. The van der Waals surface area contributed by atoms with Gasteiger partial charge in [0.05, 0.1) is 23.5 Å². The Labute approximate surface area is 136 Å². The molecule has 118 valence electrons. The van der Waals surface area contributed by atoms with E-state index in [-0.39, 0.29) is 31.2 Å². The van der Waals surface area contributed by atoms with Crippen LogP contribution >= 0.6 is 0 Å². The van der Waals surface area contributed by atoms with E-state index in [0.29, 0.717) is 6.42 Å². The highest BCUT2D eigenvalue weighted by Gasteiger charge is 2.49. The molecule has 1 heterocycles. The molecule has 0 spiro atoms. The van der Waals surface area contributed by atoms with Gasteiger partial charge in [-0.05, 0) is 25.8 Å². The third kappa shape index (κ3) is 3.24. The van der Waals surface area contributed by atoms with Crippen LogP contribution in [-0.4, -0.2) is 23.3 Å². The molecule has 1 aliphatic heterocycles. The molecule has 1 saturated heterocycles. The largest absolute Gasteiger partial charge is 0.280 e. The van der Waals surface area contributed by atoms with Gasteiger partial charge in [-0.25, -0.2) is 0 Å². The van der Waals surface area contributed by atoms with E-state index in [0.717, 1.165) is 11.1 Å². The first-order valence-electron chi connectivity index (χ1n) is 7.61. The third-order valence-corrected chi connectivity index (χ3v) is 4.40. The van der Waals surface area contributed by atoms with Crippen molar-refractivity contribution < 1.29 is 9.59 Å². The zero-order valence-electron chi connectivity index (χ0n) is 13.4. The molecule has 1 aromatic rings. The maximum absolute atomic E-state index is 12.8. The molecule has 1 aliphatic rings. The van der Waals surface area contributed by atoms with Gasteiger partial charge in [-0.3, -0.25) is 14.5 Å². The third-order valence-electron chi connectivity index (χ3n) is 4.40. The Hall–Kier alpha value is -2.66. The van der Waals surface area contributed by atoms with Crippen LogP contribution in [0.5, 0.6) is 0 Å². The first-order valence-corrected chi connectivity index (χ1v) is 7.61. The second-order valence-electron chi connectivity index (χ2n) is 6.21. The fourth-order valence-corrected chi connectivity index (χ4v) is 2.87. The van der Waals surface area contributed by atoms with Gasteiger partial charge in [-0.2, -0.15) is 10.5 Å². The zero-order chi connectivity index (χ0) is 17.0. The summed E-state index contributed by atoms with van der Waals surface area (Å²) >= 11 is 0. The summed E-state index contributed by atoms with van der Waals surface area (Å²) in [5, 5.41) is 17.8. The quantitative estimate of drug-likeness (QED) is 0.782. The Bertz CT molecular complexity index is 696. The molecule has 2 atom stereocenters. The first kappa shape index (κ1) is 16.7. The summed E-state index contributed by atoms with van der Waals surface area (Å²) in [4.78, 5) is 26.3. The minimum Gasteiger partial charge on any atom is -0.280 e. The van der Waals surface area contributed by atoms with Crippen LogP contribution in [0.3, 0.4) is 0 Å². The predicted octanol–water partition coefficient (Wildman–Crippen LogP) is 2.46. The molecule has 2 rings (SSSR count). The van der Waals surface area contributed by atoms with E-state index in [4.69, 9.17) is 10.5 Å². The average molecular weight is 309 g/mol. The minimum absolute atomic E-state index is 0.0668. The number of carbonyl (C=O) groups is 2. The molecule has 0 saturated carbocycles. The zero-order valence-corrected chi connectivity index (χ0v) is 13.4. The highest BCUT2D eigenvalue weighted by Crippen LogP contribution is 2.36. The van der Waals surface area contributed by atoms with Gasteiger partial charge < -0.3 is 0 Å². The van der Waals surface area contributed by atoms with Crippen molar-refractivity contribution in [3.8, 4) is 12.1 Å². The number of likely N-dealkylation sites (tertiary alicyclic amines) is 1. The standard InChI is InChI=1S/C18H19N3O2/c1-13-5-7-15(8-6-13)18(2)10-16(22)21(17(18)23)12-14(11-20)4-3-9-19/h5-8,14H,3-4,10,12H2,1-2H3/t14-,18+/m1/s1. The summed E-state index contributed by atoms with van der Waals surface area (Å²) in [6.45, 7) is 3.80. The lowest BCUT2D eigenvalue weighted by Crippen LogP contribution is -2.39. The number of imide groups is 1. The maximum Gasteiger partial charge on any atom is 0.240 e. The molecule has 1 fully saturated rings. The van der Waals surface area contributed by atoms with E-state index < -0.39 is 11.3 Å². The summed E-state index contributed by atoms with van der Waals surface area (Å²) in [5.41, 5.74) is 1.03. The van der Waals surface area contributed by atoms with Crippen LogP contribution in [0.15, 0.2) is 24.3 Å². The van der Waals surface area contributed by atoms with Gasteiger partial charge in [0.15, 0.2) is 0 Å². The minimum atomic E-state index is -0.875. The van der Waals surface area contributed by atoms with Crippen molar-refractivity contribution in [2.24, 2.45) is 5.92 Å². The molecule has 0 N–H and O–H groups in total. The number of aryl methyl sites for hydroxylation is 1. The van der Waals surface area contributed by atoms with Crippen LogP contribution in [0, 0.1) is 35.5 Å². The van der Waals surface area contributed by atoms with Crippen LogP contribution < -0.4 is 0 Å². The summed E-state index contributed by atoms with van der Waals surface area (Å²) in [6.07, 6.45) is 0.722. The summed E-state index contributed by atoms with van der Waals surface area (Å²) in [7, 11) is 0. The molecular weight excluding hydrogens is 290 g/mol. The Morgan fingerprint density at radius 1 is 1.26 bits per heavy atom. The SMILES string of the molecule is Cc1ccc([C@]2(C)CC(=O)N(C[C@@H](C#N)CCC#N)C2=O)cc1. The van der Waals surface area contributed by atoms with Gasteiger partial charge in [-0.1, -0.05) is 29.8 Å². The van der Waals surface area contributed by atoms with Crippen molar-refractivity contribution in [1.82, 2.24) is 4.90 Å². The fourth-order valence-electron chi connectivity index (χ4n) is 2.87. The van der Waals surface area contributed by atoms with Crippen molar-refractivity contribution in [3.63, 3.8) is 0 Å². The van der Waals surface area contributed by atoms with Gasteiger partial charge >= 0.3 is 0 Å². The number of rotatable bonds is 5. The van der Waals surface area contributed by atoms with Gasteiger partial charge in [0.2, 0.25) is 11.8 Å². The van der Waals surface area contributed by atoms with Gasteiger partial charge in [0.1, 0.15) is 0 Å². The highest BCUT2D eigenvalue weighted by atomic mass is 16.2. The molecule has 0 radical (unpaired) electrons. The molecule has 5 nitrogen and oxygen atoms in total.